The molecule has 54 heavy (non-hydrogen) atoms. The highest BCUT2D eigenvalue weighted by molar-refractivity contribution is 5.88. The van der Waals surface area contributed by atoms with Crippen molar-refractivity contribution >= 4 is 17.9 Å². The van der Waals surface area contributed by atoms with Crippen LogP contribution >= 0.6 is 0 Å². The summed E-state index contributed by atoms with van der Waals surface area (Å²) in [6.45, 7) is 23.5. The summed E-state index contributed by atoms with van der Waals surface area (Å²) < 4.78 is 18.0. The minimum atomic E-state index is -1.31. The summed E-state index contributed by atoms with van der Waals surface area (Å²) in [5.74, 6) is -1.41. The van der Waals surface area contributed by atoms with Gasteiger partial charge in [-0.2, -0.15) is 0 Å². The van der Waals surface area contributed by atoms with E-state index in [1.165, 1.54) is 5.57 Å². The normalized spacial score (nSPS) is 43.4. The van der Waals surface area contributed by atoms with Crippen LogP contribution in [0.3, 0.4) is 0 Å². The molecule has 5 rings (SSSR count). The molecule has 0 aromatic heterocycles. The quantitative estimate of drug-likeness (QED) is 0.0991. The van der Waals surface area contributed by atoms with E-state index in [1.807, 2.05) is 20.8 Å². The zero-order valence-corrected chi connectivity index (χ0v) is 35.0. The summed E-state index contributed by atoms with van der Waals surface area (Å²) in [6, 6.07) is 0. The van der Waals surface area contributed by atoms with E-state index in [2.05, 4.69) is 33.8 Å². The van der Waals surface area contributed by atoms with E-state index in [0.717, 1.165) is 25.7 Å². The molecular weight excluding hydrogens is 684 g/mol. The molecule has 0 aliphatic heterocycles. The van der Waals surface area contributed by atoms with Crippen molar-refractivity contribution in [3.63, 3.8) is 0 Å². The smallest absolute Gasteiger partial charge is 0.333 e. The first-order chi connectivity index (χ1) is 25.0. The molecule has 3 N–H and O–H groups in total. The molecule has 0 amide bonds. The Hall–Kier alpha value is -2.75. The summed E-state index contributed by atoms with van der Waals surface area (Å²) in [6.07, 6.45) is 8.32. The maximum absolute atomic E-state index is 13.2. The number of hydrogen-bond donors (Lipinski definition) is 3. The lowest BCUT2D eigenvalue weighted by atomic mass is 9.33. The number of carbonyl (C=O) groups is 3. The van der Waals surface area contributed by atoms with Gasteiger partial charge in [0.25, 0.3) is 0 Å². The van der Waals surface area contributed by atoms with Crippen LogP contribution < -0.4 is 0 Å². The molecule has 4 fully saturated rings. The van der Waals surface area contributed by atoms with E-state index < -0.39 is 58.0 Å². The minimum absolute atomic E-state index is 0.109. The number of aliphatic hydroxyl groups is 3. The first kappa shape index (κ1) is 42.4. The van der Waals surface area contributed by atoms with Crippen LogP contribution in [0.2, 0.25) is 0 Å². The van der Waals surface area contributed by atoms with Gasteiger partial charge in [-0.3, -0.25) is 0 Å². The van der Waals surface area contributed by atoms with E-state index in [1.54, 1.807) is 52.8 Å². The van der Waals surface area contributed by atoms with Crippen molar-refractivity contribution in [2.75, 3.05) is 13.2 Å². The highest BCUT2D eigenvalue weighted by Gasteiger charge is 2.73. The number of allylic oxidation sites excluding steroid dienone is 5. The molecule has 9 nitrogen and oxygen atoms in total. The van der Waals surface area contributed by atoms with E-state index >= 15 is 0 Å². The van der Waals surface area contributed by atoms with Crippen LogP contribution in [0, 0.1) is 50.2 Å². The molecule has 12 atom stereocenters. The van der Waals surface area contributed by atoms with Crippen LogP contribution in [-0.2, 0) is 28.6 Å². The van der Waals surface area contributed by atoms with Crippen molar-refractivity contribution in [3.05, 3.63) is 46.6 Å². The Morgan fingerprint density at radius 1 is 0.741 bits per heavy atom. The number of esters is 3. The number of carbonyl (C=O) groups excluding carboxylic acids is 3. The highest BCUT2D eigenvalue weighted by atomic mass is 16.6. The van der Waals surface area contributed by atoms with Gasteiger partial charge in [-0.25, -0.2) is 14.4 Å². The molecule has 9 heteroatoms. The van der Waals surface area contributed by atoms with Crippen molar-refractivity contribution in [1.29, 1.82) is 0 Å². The third kappa shape index (κ3) is 6.27. The predicted octanol–water partition coefficient (Wildman–Crippen LogP) is 7.58. The fraction of sp³-hybridized carbons (Fsp3) is 0.756. The lowest BCUT2D eigenvalue weighted by Gasteiger charge is -2.72. The summed E-state index contributed by atoms with van der Waals surface area (Å²) >= 11 is 0. The molecular formula is C45H68O9. The summed E-state index contributed by atoms with van der Waals surface area (Å²) in [5, 5.41) is 36.8. The van der Waals surface area contributed by atoms with Crippen LogP contribution in [0.5, 0.6) is 0 Å². The van der Waals surface area contributed by atoms with Crippen molar-refractivity contribution < 1.29 is 43.9 Å². The Balaban J connectivity index is 1.58. The summed E-state index contributed by atoms with van der Waals surface area (Å²) in [7, 11) is 0. The van der Waals surface area contributed by atoms with Gasteiger partial charge in [-0.15, -0.1) is 0 Å². The molecule has 302 valence electrons. The average molecular weight is 753 g/mol. The average Bonchev–Trinajstić information content (AvgIpc) is 3.12. The fourth-order valence-electron chi connectivity index (χ4n) is 12.3. The monoisotopic (exact) mass is 752 g/mol. The highest BCUT2D eigenvalue weighted by Crippen LogP contribution is 2.76. The largest absolute Gasteiger partial charge is 0.462 e. The second kappa shape index (κ2) is 14.6. The van der Waals surface area contributed by atoms with Gasteiger partial charge in [0, 0.05) is 27.5 Å². The van der Waals surface area contributed by atoms with Crippen LogP contribution in [0.1, 0.15) is 128 Å². The molecule has 4 saturated carbocycles. The van der Waals surface area contributed by atoms with Crippen LogP contribution in [-0.4, -0.2) is 70.9 Å². The maximum atomic E-state index is 13.2. The van der Waals surface area contributed by atoms with E-state index in [0.29, 0.717) is 36.0 Å². The molecule has 0 radical (unpaired) electrons. The fourth-order valence-corrected chi connectivity index (χ4v) is 12.3. The van der Waals surface area contributed by atoms with Gasteiger partial charge >= 0.3 is 17.9 Å². The summed E-state index contributed by atoms with van der Waals surface area (Å²) in [5.41, 5.74) is -0.912. The van der Waals surface area contributed by atoms with Gasteiger partial charge in [0.15, 0.2) is 0 Å². The molecule has 0 aromatic rings. The zero-order chi connectivity index (χ0) is 40.4. The SMILES string of the molecule is CC=C(C)C(=O)OC[C@@]12C(CC(C)(C)[C@@H](OC(=O)C(C)=CC)[C@@H]1O)C1=CCC3[C@@]4(C)CC[C@H](O)[C@](C)(COC(=O)C(C)=CC)C4CC[C@@]3(C)[C@]1(C)C[C@H]2O. The number of aliphatic hydroxyl groups excluding tert-OH is 3. The number of hydrogen-bond acceptors (Lipinski definition) is 9. The Morgan fingerprint density at radius 3 is 1.87 bits per heavy atom. The van der Waals surface area contributed by atoms with Crippen LogP contribution in [0.25, 0.3) is 0 Å². The zero-order valence-electron chi connectivity index (χ0n) is 35.0. The number of ether oxygens (including phenoxy) is 3. The van der Waals surface area contributed by atoms with Crippen LogP contribution in [0.4, 0.5) is 0 Å². The second-order valence-corrected chi connectivity index (χ2v) is 19.3. The minimum Gasteiger partial charge on any atom is -0.462 e. The Kier molecular flexibility index (Phi) is 11.5. The second-order valence-electron chi connectivity index (χ2n) is 19.3. The Labute approximate surface area is 323 Å². The summed E-state index contributed by atoms with van der Waals surface area (Å²) in [4.78, 5) is 39.2. The van der Waals surface area contributed by atoms with Crippen molar-refractivity contribution in [2.45, 2.75) is 152 Å². The van der Waals surface area contributed by atoms with E-state index in [9.17, 15) is 29.7 Å². The van der Waals surface area contributed by atoms with Crippen molar-refractivity contribution in [1.82, 2.24) is 0 Å². The number of rotatable bonds is 8. The first-order valence-corrected chi connectivity index (χ1v) is 20.2. The molecule has 5 aliphatic carbocycles. The van der Waals surface area contributed by atoms with Gasteiger partial charge in [0.1, 0.15) is 18.8 Å². The molecule has 0 heterocycles. The van der Waals surface area contributed by atoms with Gasteiger partial charge in [0.2, 0.25) is 0 Å². The first-order valence-electron chi connectivity index (χ1n) is 20.2. The van der Waals surface area contributed by atoms with Gasteiger partial charge in [0.05, 0.1) is 24.2 Å². The predicted molar refractivity (Wildman–Crippen MR) is 208 cm³/mol. The molecule has 0 saturated heterocycles. The van der Waals surface area contributed by atoms with Gasteiger partial charge in [-0.05, 0) is 120 Å². The van der Waals surface area contributed by atoms with Crippen molar-refractivity contribution in [2.24, 2.45) is 50.2 Å². The maximum Gasteiger partial charge on any atom is 0.333 e. The topological polar surface area (TPSA) is 140 Å². The Morgan fingerprint density at radius 2 is 1.30 bits per heavy atom. The van der Waals surface area contributed by atoms with Gasteiger partial charge in [-0.1, -0.05) is 71.4 Å². The van der Waals surface area contributed by atoms with Crippen molar-refractivity contribution in [3.8, 4) is 0 Å². The van der Waals surface area contributed by atoms with E-state index in [-0.39, 0.29) is 47.8 Å². The molecule has 0 aromatic carbocycles. The van der Waals surface area contributed by atoms with Gasteiger partial charge < -0.3 is 29.5 Å². The molecule has 0 spiro atoms. The molecule has 3 unspecified atom stereocenters. The lowest BCUT2D eigenvalue weighted by molar-refractivity contribution is -0.264. The molecule has 0 bridgehead atoms. The number of fused-ring (bicyclic) bond motifs is 7. The third-order valence-electron chi connectivity index (χ3n) is 16.3. The van der Waals surface area contributed by atoms with E-state index in [4.69, 9.17) is 14.2 Å². The standard InChI is InChI=1S/C45H68O9/c1-13-26(4)37(49)52-24-42(10)31-18-21-43(11)32(41(31,9)20-19-33(42)46)17-16-29-30-22-40(7,8)36(54-39(51)28(6)15-3)35(48)45(30,34(47)23-44(29,43)12)25-53-38(50)27(5)14-2/h13-16,30-36,46-48H,17-25H2,1-12H3/t30?,31?,32?,33-,34+,35-,36-,41-,42+,43+,44+,45-/m0/s1. The van der Waals surface area contributed by atoms with Crippen LogP contribution in [0.15, 0.2) is 46.6 Å². The lowest BCUT2D eigenvalue weighted by Crippen LogP contribution is -2.72. The molecule has 5 aliphatic rings. The third-order valence-corrected chi connectivity index (χ3v) is 16.3. The Bertz CT molecular complexity index is 1640.